The topological polar surface area (TPSA) is 74.8 Å². The zero-order valence-electron chi connectivity index (χ0n) is 11.8. The van der Waals surface area contributed by atoms with Crippen molar-refractivity contribution in [3.63, 3.8) is 0 Å². The van der Waals surface area contributed by atoms with Crippen molar-refractivity contribution in [2.75, 3.05) is 10.5 Å². The lowest BCUT2D eigenvalue weighted by Crippen LogP contribution is -2.15. The van der Waals surface area contributed by atoms with Gasteiger partial charge in [0, 0.05) is 17.8 Å². The van der Waals surface area contributed by atoms with Crippen molar-refractivity contribution in [2.45, 2.75) is 6.92 Å². The molecule has 0 atom stereocenters. The number of hydrogen-bond acceptors (Lipinski definition) is 3. The van der Waals surface area contributed by atoms with E-state index in [1.807, 2.05) is 6.07 Å². The maximum Gasteiger partial charge on any atom is 0.232 e. The largest absolute Gasteiger partial charge is 0.346 e. The quantitative estimate of drug-likeness (QED) is 0.776. The lowest BCUT2D eigenvalue weighted by Gasteiger charge is -2.09. The van der Waals surface area contributed by atoms with E-state index >= 15 is 0 Å². The Morgan fingerprint density at radius 2 is 2.09 bits per heavy atom. The Morgan fingerprint density at radius 3 is 2.82 bits per heavy atom. The molecule has 114 valence electrons. The monoisotopic (exact) mass is 319 g/mol. The number of benzene rings is 1. The lowest BCUT2D eigenvalue weighted by atomic mass is 10.0. The predicted molar refractivity (Wildman–Crippen MR) is 84.6 cm³/mol. The minimum absolute atomic E-state index is 0.0510. The Labute approximate surface area is 127 Å². The van der Waals surface area contributed by atoms with Gasteiger partial charge in [0.15, 0.2) is 0 Å². The van der Waals surface area contributed by atoms with Gasteiger partial charge in [-0.15, -0.1) is 0 Å². The van der Waals surface area contributed by atoms with Gasteiger partial charge >= 0.3 is 0 Å². The van der Waals surface area contributed by atoms with Crippen molar-refractivity contribution in [2.24, 2.45) is 0 Å². The van der Waals surface area contributed by atoms with Gasteiger partial charge in [0.1, 0.15) is 11.5 Å². The number of aromatic amines is 1. The Balaban J connectivity index is 2.04. The van der Waals surface area contributed by atoms with Crippen LogP contribution < -0.4 is 4.72 Å². The van der Waals surface area contributed by atoms with Crippen LogP contribution in [0.25, 0.3) is 22.2 Å². The van der Waals surface area contributed by atoms with Gasteiger partial charge in [-0.05, 0) is 42.3 Å². The highest BCUT2D eigenvalue weighted by atomic mass is 32.2. The molecule has 3 aromatic rings. The molecule has 0 aliphatic carbocycles. The number of anilines is 1. The van der Waals surface area contributed by atoms with Gasteiger partial charge < -0.3 is 4.98 Å². The second-order valence-corrected chi connectivity index (χ2v) is 6.81. The van der Waals surface area contributed by atoms with Crippen molar-refractivity contribution in [1.29, 1.82) is 0 Å². The molecule has 22 heavy (non-hydrogen) atoms. The fourth-order valence-electron chi connectivity index (χ4n) is 2.22. The molecule has 5 nitrogen and oxygen atoms in total. The van der Waals surface area contributed by atoms with Gasteiger partial charge in [-0.3, -0.25) is 4.72 Å². The number of hydrogen-bond donors (Lipinski definition) is 2. The molecule has 0 amide bonds. The molecule has 0 saturated heterocycles. The fourth-order valence-corrected chi connectivity index (χ4v) is 2.86. The minimum atomic E-state index is -3.50. The van der Waals surface area contributed by atoms with Crippen molar-refractivity contribution in [3.8, 4) is 11.1 Å². The Hall–Kier alpha value is -2.41. The second-order valence-electron chi connectivity index (χ2n) is 4.80. The molecule has 0 saturated carbocycles. The summed E-state index contributed by atoms with van der Waals surface area (Å²) in [6.07, 6.45) is 3.40. The fraction of sp³-hybridized carbons (Fsp3) is 0.133. The molecular formula is C15H14FN3O2S. The number of fused-ring (bicyclic) bond motifs is 1. The summed E-state index contributed by atoms with van der Waals surface area (Å²) in [6, 6.07) is 8.08. The standard InChI is InChI=1S/C15H14FN3O2S/c1-2-22(20,21)19-14-4-3-10(9-13(14)16)11-5-7-17-15-12(11)6-8-18-15/h3-9,19H,2H2,1H3,(H,17,18). The van der Waals surface area contributed by atoms with E-state index in [1.54, 1.807) is 24.5 Å². The smallest absolute Gasteiger partial charge is 0.232 e. The van der Waals surface area contributed by atoms with Crippen molar-refractivity contribution in [3.05, 3.63) is 48.5 Å². The van der Waals surface area contributed by atoms with E-state index in [4.69, 9.17) is 0 Å². The average molecular weight is 319 g/mol. The normalized spacial score (nSPS) is 11.7. The van der Waals surface area contributed by atoms with Gasteiger partial charge in [0.25, 0.3) is 0 Å². The van der Waals surface area contributed by atoms with Gasteiger partial charge in [-0.1, -0.05) is 6.07 Å². The van der Waals surface area contributed by atoms with Gasteiger partial charge in [-0.2, -0.15) is 0 Å². The van der Waals surface area contributed by atoms with E-state index in [0.717, 1.165) is 10.9 Å². The van der Waals surface area contributed by atoms with Gasteiger partial charge in [0.05, 0.1) is 11.4 Å². The number of pyridine rings is 1. The third-order valence-corrected chi connectivity index (χ3v) is 4.68. The molecule has 3 rings (SSSR count). The Kier molecular flexibility index (Phi) is 3.58. The summed E-state index contributed by atoms with van der Waals surface area (Å²) in [4.78, 5) is 7.18. The van der Waals surface area contributed by atoms with Crippen molar-refractivity contribution in [1.82, 2.24) is 9.97 Å². The first-order chi connectivity index (χ1) is 10.5. The molecule has 1 aromatic carbocycles. The maximum absolute atomic E-state index is 14.2. The minimum Gasteiger partial charge on any atom is -0.346 e. The lowest BCUT2D eigenvalue weighted by molar-refractivity contribution is 0.599. The van der Waals surface area contributed by atoms with Gasteiger partial charge in [0.2, 0.25) is 10.0 Å². The molecular weight excluding hydrogens is 305 g/mol. The first kappa shape index (κ1) is 14.5. The van der Waals surface area contributed by atoms with Crippen LogP contribution in [0.2, 0.25) is 0 Å². The Morgan fingerprint density at radius 1 is 1.27 bits per heavy atom. The number of nitrogens with one attached hydrogen (secondary N) is 2. The van der Waals surface area contributed by atoms with Crippen LogP contribution in [-0.2, 0) is 10.0 Å². The highest BCUT2D eigenvalue weighted by molar-refractivity contribution is 7.92. The summed E-state index contributed by atoms with van der Waals surface area (Å²) < 4.78 is 39.5. The zero-order chi connectivity index (χ0) is 15.7. The highest BCUT2D eigenvalue weighted by Crippen LogP contribution is 2.29. The van der Waals surface area contributed by atoms with Crippen LogP contribution in [0, 0.1) is 5.82 Å². The van der Waals surface area contributed by atoms with Crippen LogP contribution >= 0.6 is 0 Å². The molecule has 0 spiro atoms. The molecule has 2 heterocycles. The van der Waals surface area contributed by atoms with E-state index in [9.17, 15) is 12.8 Å². The molecule has 0 radical (unpaired) electrons. The highest BCUT2D eigenvalue weighted by Gasteiger charge is 2.13. The molecule has 2 aromatic heterocycles. The summed E-state index contributed by atoms with van der Waals surface area (Å²) in [5, 5.41) is 0.879. The van der Waals surface area contributed by atoms with Crippen LogP contribution in [0.5, 0.6) is 0 Å². The number of H-pyrrole nitrogens is 1. The first-order valence-corrected chi connectivity index (χ1v) is 8.38. The number of rotatable bonds is 4. The summed E-state index contributed by atoms with van der Waals surface area (Å²) in [5.41, 5.74) is 2.15. The summed E-state index contributed by atoms with van der Waals surface area (Å²) in [7, 11) is -3.50. The molecule has 0 unspecified atom stereocenters. The maximum atomic E-state index is 14.2. The van der Waals surface area contributed by atoms with Crippen LogP contribution in [0.3, 0.4) is 0 Å². The summed E-state index contributed by atoms with van der Waals surface area (Å²) >= 11 is 0. The Bertz CT molecular complexity index is 935. The molecule has 0 aliphatic heterocycles. The molecule has 0 fully saturated rings. The number of halogens is 1. The molecule has 0 bridgehead atoms. The first-order valence-electron chi connectivity index (χ1n) is 6.72. The van der Waals surface area contributed by atoms with E-state index in [0.29, 0.717) is 11.2 Å². The third kappa shape index (κ3) is 2.67. The number of sulfonamides is 1. The van der Waals surface area contributed by atoms with Crippen LogP contribution in [0.1, 0.15) is 6.92 Å². The van der Waals surface area contributed by atoms with Gasteiger partial charge in [-0.25, -0.2) is 17.8 Å². The van der Waals surface area contributed by atoms with Crippen LogP contribution in [-0.4, -0.2) is 24.1 Å². The van der Waals surface area contributed by atoms with Crippen molar-refractivity contribution < 1.29 is 12.8 Å². The van der Waals surface area contributed by atoms with Crippen LogP contribution in [0.4, 0.5) is 10.1 Å². The summed E-state index contributed by atoms with van der Waals surface area (Å²) in [5.74, 6) is -0.724. The van der Waals surface area contributed by atoms with E-state index in [-0.39, 0.29) is 11.4 Å². The van der Waals surface area contributed by atoms with E-state index in [2.05, 4.69) is 14.7 Å². The molecule has 0 aliphatic rings. The molecule has 7 heteroatoms. The van der Waals surface area contributed by atoms with Crippen molar-refractivity contribution >= 4 is 26.7 Å². The SMILES string of the molecule is CCS(=O)(=O)Nc1ccc(-c2ccnc3[nH]ccc23)cc1F. The predicted octanol–water partition coefficient (Wildman–Crippen LogP) is 3.13. The second kappa shape index (κ2) is 5.42. The van der Waals surface area contributed by atoms with E-state index < -0.39 is 15.8 Å². The average Bonchev–Trinajstić information content (AvgIpc) is 2.97. The zero-order valence-corrected chi connectivity index (χ0v) is 12.6. The molecule has 2 N–H and O–H groups in total. The summed E-state index contributed by atoms with van der Waals surface area (Å²) in [6.45, 7) is 1.49. The number of aromatic nitrogens is 2. The third-order valence-electron chi connectivity index (χ3n) is 3.39. The van der Waals surface area contributed by atoms with E-state index in [1.165, 1.54) is 19.1 Å². The van der Waals surface area contributed by atoms with Crippen LogP contribution in [0.15, 0.2) is 42.7 Å². The number of nitrogens with zero attached hydrogens (tertiary/aromatic N) is 1.